The monoisotopic (exact) mass is 480 g/mol. The second kappa shape index (κ2) is 10.3. The summed E-state index contributed by atoms with van der Waals surface area (Å²) in [5.74, 6) is -1.51. The summed E-state index contributed by atoms with van der Waals surface area (Å²) >= 11 is 0. The number of carbonyl (C=O) groups excluding carboxylic acids is 4. The Morgan fingerprint density at radius 2 is 1.97 bits per heavy atom. The molecule has 12 heteroatoms. The van der Waals surface area contributed by atoms with Crippen molar-refractivity contribution in [2.45, 2.75) is 13.0 Å². The van der Waals surface area contributed by atoms with E-state index in [0.717, 1.165) is 0 Å². The van der Waals surface area contributed by atoms with Crippen LogP contribution in [0, 0.1) is 5.82 Å². The number of rotatable bonds is 7. The van der Waals surface area contributed by atoms with Crippen LogP contribution in [0.5, 0.6) is 0 Å². The van der Waals surface area contributed by atoms with Gasteiger partial charge in [0.15, 0.2) is 0 Å². The number of ether oxygens (including phenoxy) is 2. The van der Waals surface area contributed by atoms with E-state index in [-0.39, 0.29) is 42.5 Å². The fourth-order valence-electron chi connectivity index (χ4n) is 3.94. The highest BCUT2D eigenvalue weighted by molar-refractivity contribution is 5.90. The minimum absolute atomic E-state index is 0.0732. The topological polar surface area (TPSA) is 122 Å². The van der Waals surface area contributed by atoms with Crippen molar-refractivity contribution in [1.29, 1.82) is 0 Å². The van der Waals surface area contributed by atoms with Crippen LogP contribution in [0.4, 0.5) is 20.6 Å². The Morgan fingerprint density at radius 1 is 1.29 bits per heavy atom. The van der Waals surface area contributed by atoms with Gasteiger partial charge in [-0.25, -0.2) is 14.0 Å². The van der Waals surface area contributed by atoms with Crippen LogP contribution in [-0.4, -0.2) is 106 Å². The van der Waals surface area contributed by atoms with Crippen molar-refractivity contribution in [3.8, 4) is 0 Å². The molecule has 0 bridgehead atoms. The second-order valence-electron chi connectivity index (χ2n) is 8.74. The molecule has 2 aliphatic heterocycles. The van der Waals surface area contributed by atoms with Gasteiger partial charge >= 0.3 is 18.0 Å². The number of piperazine rings is 1. The smallest absolute Gasteiger partial charge is 0.414 e. The van der Waals surface area contributed by atoms with Gasteiger partial charge in [-0.2, -0.15) is 0 Å². The van der Waals surface area contributed by atoms with Crippen LogP contribution in [-0.2, 0) is 23.9 Å². The molecule has 2 aliphatic rings. The Bertz CT molecular complexity index is 965. The summed E-state index contributed by atoms with van der Waals surface area (Å²) in [7, 11) is 3.38. The molecule has 0 saturated carbocycles. The van der Waals surface area contributed by atoms with Crippen molar-refractivity contribution in [2.24, 2.45) is 5.73 Å². The first-order chi connectivity index (χ1) is 16.0. The Hall–Kier alpha value is -3.25. The third-order valence-electron chi connectivity index (χ3n) is 6.33. The highest BCUT2D eigenvalue weighted by atomic mass is 19.1. The van der Waals surface area contributed by atoms with Crippen molar-refractivity contribution in [1.82, 2.24) is 4.90 Å². The Kier molecular flexibility index (Phi) is 7.72. The summed E-state index contributed by atoms with van der Waals surface area (Å²) in [5, 5.41) is 0. The zero-order chi connectivity index (χ0) is 25.0. The number of cyclic esters (lactones) is 1. The first kappa shape index (κ1) is 25.4. The molecule has 0 aliphatic carbocycles. The normalized spacial score (nSPS) is 19.6. The highest BCUT2D eigenvalue weighted by Gasteiger charge is 2.38. The maximum absolute atomic E-state index is 15.0. The molecule has 0 aromatic heterocycles. The van der Waals surface area contributed by atoms with E-state index in [9.17, 15) is 19.2 Å². The molecule has 34 heavy (non-hydrogen) atoms. The van der Waals surface area contributed by atoms with Crippen molar-refractivity contribution >= 4 is 35.3 Å². The molecule has 1 aromatic rings. The summed E-state index contributed by atoms with van der Waals surface area (Å²) in [4.78, 5) is 52.0. The van der Waals surface area contributed by atoms with E-state index in [2.05, 4.69) is 0 Å². The maximum atomic E-state index is 15.0. The van der Waals surface area contributed by atoms with Gasteiger partial charge in [0.05, 0.1) is 51.1 Å². The highest BCUT2D eigenvalue weighted by Crippen LogP contribution is 2.29. The van der Waals surface area contributed by atoms with Crippen LogP contribution < -0.4 is 15.5 Å². The summed E-state index contributed by atoms with van der Waals surface area (Å²) in [6.45, 7) is 2.96. The SMILES string of the molecule is CC(=O)N(C)CC1CN(c2ccc(N3CC[N+](C)(C(=O)COC(=O)CN)CC3)c(F)c2)C(=O)O1. The van der Waals surface area contributed by atoms with Gasteiger partial charge in [0, 0.05) is 14.0 Å². The number of amides is 3. The van der Waals surface area contributed by atoms with Crippen molar-refractivity contribution in [2.75, 3.05) is 76.3 Å². The van der Waals surface area contributed by atoms with E-state index in [4.69, 9.17) is 15.2 Å². The van der Waals surface area contributed by atoms with Gasteiger partial charge in [0.2, 0.25) is 12.5 Å². The van der Waals surface area contributed by atoms with Gasteiger partial charge < -0.3 is 25.0 Å². The first-order valence-corrected chi connectivity index (χ1v) is 11.0. The fraction of sp³-hybridized carbons (Fsp3) is 0.545. The number of halogens is 1. The van der Waals surface area contributed by atoms with Gasteiger partial charge in [-0.3, -0.25) is 19.0 Å². The fourth-order valence-corrected chi connectivity index (χ4v) is 3.94. The molecule has 1 atom stereocenters. The van der Waals surface area contributed by atoms with Crippen molar-refractivity contribution < 1.29 is 37.5 Å². The Labute approximate surface area is 197 Å². The molecule has 1 aromatic carbocycles. The third kappa shape index (κ3) is 5.62. The molecule has 3 rings (SSSR count). The molecule has 0 spiro atoms. The van der Waals surface area contributed by atoms with E-state index in [1.54, 1.807) is 26.2 Å². The summed E-state index contributed by atoms with van der Waals surface area (Å²) < 4.78 is 25.2. The van der Waals surface area contributed by atoms with Crippen LogP contribution in [0.15, 0.2) is 18.2 Å². The molecule has 186 valence electrons. The van der Waals surface area contributed by atoms with Crippen LogP contribution in [0.2, 0.25) is 0 Å². The maximum Gasteiger partial charge on any atom is 0.414 e. The van der Waals surface area contributed by atoms with Gasteiger partial charge in [0.1, 0.15) is 25.0 Å². The van der Waals surface area contributed by atoms with Gasteiger partial charge in [-0.05, 0) is 18.2 Å². The lowest BCUT2D eigenvalue weighted by atomic mass is 10.2. The number of carbonyl (C=O) groups is 4. The molecule has 1 unspecified atom stereocenters. The number of nitrogens with zero attached hydrogens (tertiary/aromatic N) is 4. The molecule has 2 heterocycles. The largest absolute Gasteiger partial charge is 0.450 e. The van der Waals surface area contributed by atoms with E-state index >= 15 is 4.39 Å². The summed E-state index contributed by atoms with van der Waals surface area (Å²) in [6.07, 6.45) is -1.09. The number of anilines is 2. The lowest BCUT2D eigenvalue weighted by Gasteiger charge is -2.40. The van der Waals surface area contributed by atoms with Gasteiger partial charge in [-0.1, -0.05) is 0 Å². The Balaban J connectivity index is 1.61. The molecule has 2 saturated heterocycles. The number of likely N-dealkylation sites (N-methyl/N-ethyl adjacent to an activating group) is 2. The molecule has 2 N–H and O–H groups in total. The summed E-state index contributed by atoms with van der Waals surface area (Å²) in [5.41, 5.74) is 5.93. The molecule has 11 nitrogen and oxygen atoms in total. The molecule has 2 fully saturated rings. The van der Waals surface area contributed by atoms with Crippen LogP contribution in [0.3, 0.4) is 0 Å². The predicted molar refractivity (Wildman–Crippen MR) is 120 cm³/mol. The number of nitrogens with two attached hydrogens (primary N) is 1. The average molecular weight is 481 g/mol. The standard InChI is InChI=1S/C22H31FN5O6/c1-15(29)25(2)12-17-13-27(22(32)34-17)16-4-5-19(18(23)10-16)26-6-8-28(3,9-7-26)20(30)14-33-21(31)11-24/h4-5,10,17H,6-9,11-14,24H2,1-3H3/q+1. The van der Waals surface area contributed by atoms with Crippen molar-refractivity contribution in [3.63, 3.8) is 0 Å². The summed E-state index contributed by atoms with van der Waals surface area (Å²) in [6, 6.07) is 4.54. The van der Waals surface area contributed by atoms with Crippen LogP contribution in [0.25, 0.3) is 0 Å². The van der Waals surface area contributed by atoms with E-state index < -0.39 is 24.0 Å². The third-order valence-corrected chi connectivity index (χ3v) is 6.33. The Morgan fingerprint density at radius 3 is 2.56 bits per heavy atom. The van der Waals surface area contributed by atoms with Gasteiger partial charge in [0.25, 0.3) is 0 Å². The minimum Gasteiger partial charge on any atom is -0.450 e. The molecular formula is C22H31FN5O6+. The lowest BCUT2D eigenvalue weighted by Crippen LogP contribution is -2.61. The van der Waals surface area contributed by atoms with E-state index in [1.807, 2.05) is 4.90 Å². The molecular weight excluding hydrogens is 449 g/mol. The first-order valence-electron chi connectivity index (χ1n) is 11.0. The molecule has 3 amide bonds. The predicted octanol–water partition coefficient (Wildman–Crippen LogP) is -0.0757. The lowest BCUT2D eigenvalue weighted by molar-refractivity contribution is -0.835. The quantitative estimate of drug-likeness (QED) is 0.425. The minimum atomic E-state index is -0.639. The van der Waals surface area contributed by atoms with E-state index in [1.165, 1.54) is 22.8 Å². The molecule has 0 radical (unpaired) electrons. The number of hydrogen-bond acceptors (Lipinski definition) is 8. The van der Waals surface area contributed by atoms with E-state index in [0.29, 0.717) is 37.6 Å². The van der Waals surface area contributed by atoms with Crippen LogP contribution >= 0.6 is 0 Å². The van der Waals surface area contributed by atoms with Crippen LogP contribution in [0.1, 0.15) is 6.92 Å². The number of esters is 1. The number of hydrogen-bond donors (Lipinski definition) is 1. The average Bonchev–Trinajstić information content (AvgIpc) is 3.17. The van der Waals surface area contributed by atoms with Gasteiger partial charge in [-0.15, -0.1) is 0 Å². The second-order valence-corrected chi connectivity index (χ2v) is 8.74. The number of benzene rings is 1. The zero-order valence-electron chi connectivity index (χ0n) is 19.7. The zero-order valence-corrected chi connectivity index (χ0v) is 19.7. The number of quaternary nitrogens is 1. The van der Waals surface area contributed by atoms with Crippen molar-refractivity contribution in [3.05, 3.63) is 24.0 Å².